The average molecular weight is 222 g/mol. The molecular formula is C12H18N2S. The van der Waals surface area contributed by atoms with Crippen molar-refractivity contribution in [2.24, 2.45) is 11.8 Å². The van der Waals surface area contributed by atoms with Crippen LogP contribution in [0.1, 0.15) is 35.6 Å². The molecule has 0 spiro atoms. The van der Waals surface area contributed by atoms with Gasteiger partial charge in [0.05, 0.1) is 5.01 Å². The van der Waals surface area contributed by atoms with Crippen molar-refractivity contribution in [1.29, 1.82) is 0 Å². The summed E-state index contributed by atoms with van der Waals surface area (Å²) in [5, 5.41) is 4.89. The number of thiazole rings is 1. The molecule has 0 aliphatic heterocycles. The third kappa shape index (κ3) is 1.95. The summed E-state index contributed by atoms with van der Waals surface area (Å²) >= 11 is 1.82. The minimum Gasteiger partial charge on any atom is -0.309 e. The standard InChI is InChI=1S/C12H18N2S/c1-8-13-6-11(15-8)7-14-12-5-9-2-3-10(12)4-9/h6,9-10,12,14H,2-5,7H2,1H3. The second-order valence-corrected chi connectivity index (χ2v) is 6.33. The lowest BCUT2D eigenvalue weighted by Gasteiger charge is -2.22. The van der Waals surface area contributed by atoms with E-state index in [4.69, 9.17) is 0 Å². The summed E-state index contributed by atoms with van der Waals surface area (Å²) in [5.74, 6) is 2.01. The molecule has 2 aliphatic carbocycles. The average Bonchev–Trinajstić information content (AvgIpc) is 2.90. The van der Waals surface area contributed by atoms with Crippen LogP contribution in [0.4, 0.5) is 0 Å². The van der Waals surface area contributed by atoms with E-state index in [1.165, 1.54) is 35.6 Å². The molecule has 82 valence electrons. The predicted molar refractivity (Wildman–Crippen MR) is 62.9 cm³/mol. The Morgan fingerprint density at radius 1 is 1.47 bits per heavy atom. The number of nitrogens with one attached hydrogen (secondary N) is 1. The van der Waals surface area contributed by atoms with Gasteiger partial charge in [-0.2, -0.15) is 0 Å². The van der Waals surface area contributed by atoms with Gasteiger partial charge in [0, 0.05) is 23.7 Å². The lowest BCUT2D eigenvalue weighted by Crippen LogP contribution is -2.33. The van der Waals surface area contributed by atoms with E-state index in [-0.39, 0.29) is 0 Å². The van der Waals surface area contributed by atoms with Crippen LogP contribution >= 0.6 is 11.3 Å². The van der Waals surface area contributed by atoms with E-state index in [1.54, 1.807) is 0 Å². The van der Waals surface area contributed by atoms with Crippen molar-refractivity contribution < 1.29 is 0 Å². The molecule has 0 radical (unpaired) electrons. The molecule has 1 N–H and O–H groups in total. The van der Waals surface area contributed by atoms with Crippen LogP contribution in [0.3, 0.4) is 0 Å². The van der Waals surface area contributed by atoms with Crippen LogP contribution in [0.25, 0.3) is 0 Å². The Bertz CT molecular complexity index is 347. The van der Waals surface area contributed by atoms with E-state index in [0.717, 1.165) is 24.4 Å². The number of rotatable bonds is 3. The van der Waals surface area contributed by atoms with Gasteiger partial charge in [-0.3, -0.25) is 0 Å². The summed E-state index contributed by atoms with van der Waals surface area (Å²) in [5.41, 5.74) is 0. The lowest BCUT2D eigenvalue weighted by atomic mass is 9.95. The molecule has 3 heteroatoms. The van der Waals surface area contributed by atoms with Crippen molar-refractivity contribution in [1.82, 2.24) is 10.3 Å². The summed E-state index contributed by atoms with van der Waals surface area (Å²) in [6.07, 6.45) is 7.87. The highest BCUT2D eigenvalue weighted by Gasteiger charge is 2.38. The zero-order chi connectivity index (χ0) is 10.3. The van der Waals surface area contributed by atoms with Crippen molar-refractivity contribution in [3.63, 3.8) is 0 Å². The fourth-order valence-corrected chi connectivity index (χ4v) is 3.96. The zero-order valence-corrected chi connectivity index (χ0v) is 10.0. The Balaban J connectivity index is 1.54. The van der Waals surface area contributed by atoms with Crippen LogP contribution in [0.15, 0.2) is 6.20 Å². The monoisotopic (exact) mass is 222 g/mol. The maximum atomic E-state index is 4.29. The van der Waals surface area contributed by atoms with Crippen molar-refractivity contribution in [3.05, 3.63) is 16.1 Å². The minimum absolute atomic E-state index is 0.797. The van der Waals surface area contributed by atoms with Gasteiger partial charge >= 0.3 is 0 Å². The van der Waals surface area contributed by atoms with Crippen molar-refractivity contribution in [2.75, 3.05) is 0 Å². The van der Waals surface area contributed by atoms with Crippen LogP contribution in [-0.4, -0.2) is 11.0 Å². The van der Waals surface area contributed by atoms with Crippen molar-refractivity contribution in [3.8, 4) is 0 Å². The second kappa shape index (κ2) is 3.87. The molecular weight excluding hydrogens is 204 g/mol. The first-order valence-corrected chi connectivity index (χ1v) is 6.77. The third-order valence-corrected chi connectivity index (χ3v) is 4.86. The van der Waals surface area contributed by atoms with Gasteiger partial charge in [-0.05, 0) is 38.0 Å². The summed E-state index contributed by atoms with van der Waals surface area (Å²) in [4.78, 5) is 5.67. The fourth-order valence-electron chi connectivity index (χ4n) is 3.21. The predicted octanol–water partition coefficient (Wildman–Crippen LogP) is 2.73. The van der Waals surface area contributed by atoms with Crippen LogP contribution in [0.2, 0.25) is 0 Å². The van der Waals surface area contributed by atoms with Gasteiger partial charge in [-0.25, -0.2) is 4.98 Å². The van der Waals surface area contributed by atoms with Gasteiger partial charge in [-0.1, -0.05) is 6.42 Å². The number of hydrogen-bond donors (Lipinski definition) is 1. The van der Waals surface area contributed by atoms with E-state index in [9.17, 15) is 0 Å². The van der Waals surface area contributed by atoms with Crippen LogP contribution < -0.4 is 5.32 Å². The normalized spacial score (nSPS) is 33.8. The highest BCUT2D eigenvalue weighted by Crippen LogP contribution is 2.44. The molecule has 0 aromatic carbocycles. The topological polar surface area (TPSA) is 24.9 Å². The molecule has 2 aliphatic rings. The molecule has 3 atom stereocenters. The fraction of sp³-hybridized carbons (Fsp3) is 0.750. The minimum atomic E-state index is 0.797. The first-order valence-electron chi connectivity index (χ1n) is 5.96. The van der Waals surface area contributed by atoms with Crippen LogP contribution in [-0.2, 0) is 6.54 Å². The number of aromatic nitrogens is 1. The highest BCUT2D eigenvalue weighted by molar-refractivity contribution is 7.11. The highest BCUT2D eigenvalue weighted by atomic mass is 32.1. The van der Waals surface area contributed by atoms with Gasteiger partial charge in [-0.15, -0.1) is 11.3 Å². The van der Waals surface area contributed by atoms with E-state index >= 15 is 0 Å². The number of hydrogen-bond acceptors (Lipinski definition) is 3. The zero-order valence-electron chi connectivity index (χ0n) is 9.20. The number of aryl methyl sites for hydroxylation is 1. The lowest BCUT2D eigenvalue weighted by molar-refractivity contribution is 0.351. The molecule has 1 aromatic rings. The van der Waals surface area contributed by atoms with E-state index in [2.05, 4.69) is 17.2 Å². The third-order valence-electron chi connectivity index (χ3n) is 3.95. The second-order valence-electron chi connectivity index (χ2n) is 5.01. The van der Waals surface area contributed by atoms with E-state index in [0.29, 0.717) is 0 Å². The molecule has 2 saturated carbocycles. The van der Waals surface area contributed by atoms with Crippen molar-refractivity contribution in [2.45, 2.75) is 45.2 Å². The Morgan fingerprint density at radius 3 is 3.00 bits per heavy atom. The van der Waals surface area contributed by atoms with Gasteiger partial charge in [0.25, 0.3) is 0 Å². The smallest absolute Gasteiger partial charge is 0.0897 e. The number of fused-ring (bicyclic) bond motifs is 2. The number of nitrogens with zero attached hydrogens (tertiary/aromatic N) is 1. The quantitative estimate of drug-likeness (QED) is 0.850. The SMILES string of the molecule is Cc1ncc(CNC2CC3CCC2C3)s1. The van der Waals surface area contributed by atoms with Gasteiger partial charge in [0.2, 0.25) is 0 Å². The van der Waals surface area contributed by atoms with E-state index in [1.807, 2.05) is 17.5 Å². The largest absolute Gasteiger partial charge is 0.309 e. The molecule has 0 saturated heterocycles. The molecule has 1 heterocycles. The Kier molecular flexibility index (Phi) is 2.53. The molecule has 3 unspecified atom stereocenters. The Labute approximate surface area is 95.1 Å². The van der Waals surface area contributed by atoms with Crippen LogP contribution in [0.5, 0.6) is 0 Å². The molecule has 2 fully saturated rings. The summed E-state index contributed by atoms with van der Waals surface area (Å²) in [6, 6.07) is 0.797. The molecule has 2 nitrogen and oxygen atoms in total. The maximum absolute atomic E-state index is 4.29. The first-order chi connectivity index (χ1) is 7.31. The Morgan fingerprint density at radius 2 is 2.40 bits per heavy atom. The Hall–Kier alpha value is -0.410. The maximum Gasteiger partial charge on any atom is 0.0897 e. The summed E-state index contributed by atoms with van der Waals surface area (Å²) in [7, 11) is 0. The summed E-state index contributed by atoms with van der Waals surface area (Å²) < 4.78 is 0. The molecule has 3 rings (SSSR count). The van der Waals surface area contributed by atoms with E-state index < -0.39 is 0 Å². The first kappa shape index (κ1) is 9.79. The molecule has 0 amide bonds. The molecule has 2 bridgehead atoms. The molecule has 1 aromatic heterocycles. The molecule has 15 heavy (non-hydrogen) atoms. The van der Waals surface area contributed by atoms with Gasteiger partial charge in [0.1, 0.15) is 0 Å². The van der Waals surface area contributed by atoms with Gasteiger partial charge in [0.15, 0.2) is 0 Å². The van der Waals surface area contributed by atoms with Crippen LogP contribution in [0, 0.1) is 18.8 Å². The van der Waals surface area contributed by atoms with Gasteiger partial charge < -0.3 is 5.32 Å². The summed E-state index contributed by atoms with van der Waals surface area (Å²) in [6.45, 7) is 3.10. The van der Waals surface area contributed by atoms with Crippen molar-refractivity contribution >= 4 is 11.3 Å².